The zero-order valence-corrected chi connectivity index (χ0v) is 12.5. The van der Waals surface area contributed by atoms with Gasteiger partial charge in [-0.3, -0.25) is 4.31 Å². The van der Waals surface area contributed by atoms with Gasteiger partial charge in [-0.15, -0.1) is 0 Å². The van der Waals surface area contributed by atoms with E-state index in [1.807, 2.05) is 18.2 Å². The fourth-order valence-corrected chi connectivity index (χ4v) is 3.61. The van der Waals surface area contributed by atoms with Gasteiger partial charge in [0.05, 0.1) is 11.9 Å². The average Bonchev–Trinajstić information content (AvgIpc) is 2.54. The number of rotatable bonds is 1. The minimum atomic E-state index is -3.20. The lowest BCUT2D eigenvalue weighted by Crippen LogP contribution is -2.30. The zero-order valence-electron chi connectivity index (χ0n) is 11.7. The molecule has 2 rings (SSSR count). The summed E-state index contributed by atoms with van der Waals surface area (Å²) >= 11 is 0. The lowest BCUT2D eigenvalue weighted by atomic mass is 9.84. The van der Waals surface area contributed by atoms with Crippen LogP contribution in [0.5, 0.6) is 0 Å². The van der Waals surface area contributed by atoms with Crippen molar-refractivity contribution in [3.05, 3.63) is 29.3 Å². The summed E-state index contributed by atoms with van der Waals surface area (Å²) in [4.78, 5) is 0. The first-order valence-corrected chi connectivity index (χ1v) is 8.08. The summed E-state index contributed by atoms with van der Waals surface area (Å²) in [6.07, 6.45) is 1.29. The van der Waals surface area contributed by atoms with Crippen LogP contribution in [0.2, 0.25) is 0 Å². The highest BCUT2D eigenvalue weighted by Gasteiger charge is 2.35. The molecule has 0 N–H and O–H groups in total. The summed E-state index contributed by atoms with van der Waals surface area (Å²) in [6.45, 7) is 8.99. The Labute approximate surface area is 110 Å². The Hall–Kier alpha value is -1.03. The second kappa shape index (κ2) is 3.98. The third kappa shape index (κ3) is 2.14. The zero-order chi connectivity index (χ0) is 13.7. The minimum absolute atomic E-state index is 0.0572. The molecule has 1 aromatic carbocycles. The van der Waals surface area contributed by atoms with E-state index in [2.05, 4.69) is 27.7 Å². The normalized spacial score (nSPS) is 20.1. The molecule has 0 bridgehead atoms. The Morgan fingerprint density at radius 2 is 1.89 bits per heavy atom. The highest BCUT2D eigenvalue weighted by molar-refractivity contribution is 7.92. The van der Waals surface area contributed by atoms with Crippen LogP contribution in [0.1, 0.15) is 44.7 Å². The van der Waals surface area contributed by atoms with E-state index in [1.54, 1.807) is 4.31 Å². The van der Waals surface area contributed by atoms with Crippen molar-refractivity contribution < 1.29 is 8.42 Å². The van der Waals surface area contributed by atoms with Crippen LogP contribution in [-0.4, -0.2) is 21.2 Å². The summed E-state index contributed by atoms with van der Waals surface area (Å²) in [7, 11) is -3.20. The van der Waals surface area contributed by atoms with E-state index in [-0.39, 0.29) is 11.3 Å². The van der Waals surface area contributed by atoms with Gasteiger partial charge in [-0.2, -0.15) is 0 Å². The van der Waals surface area contributed by atoms with Gasteiger partial charge in [0.2, 0.25) is 10.0 Å². The molecule has 1 heterocycles. The highest BCUT2D eigenvalue weighted by atomic mass is 32.2. The summed E-state index contributed by atoms with van der Waals surface area (Å²) in [6, 6.07) is 6.11. The topological polar surface area (TPSA) is 37.4 Å². The molecule has 1 atom stereocenters. The average molecular weight is 267 g/mol. The van der Waals surface area contributed by atoms with Crippen LogP contribution in [0.3, 0.4) is 0 Å². The van der Waals surface area contributed by atoms with Crippen molar-refractivity contribution in [2.75, 3.05) is 17.1 Å². The number of para-hydroxylation sites is 1. The van der Waals surface area contributed by atoms with Gasteiger partial charge in [-0.05, 0) is 16.5 Å². The van der Waals surface area contributed by atoms with Crippen LogP contribution in [0.15, 0.2) is 18.2 Å². The van der Waals surface area contributed by atoms with Crippen LogP contribution in [0.25, 0.3) is 0 Å². The summed E-state index contributed by atoms with van der Waals surface area (Å²) in [5, 5.41) is 0. The van der Waals surface area contributed by atoms with E-state index in [0.717, 1.165) is 16.8 Å². The number of hydrogen-bond acceptors (Lipinski definition) is 2. The molecule has 0 aromatic heterocycles. The number of fused-ring (bicyclic) bond motifs is 1. The molecule has 3 nitrogen and oxygen atoms in total. The van der Waals surface area contributed by atoms with E-state index >= 15 is 0 Å². The van der Waals surface area contributed by atoms with E-state index in [1.165, 1.54) is 6.26 Å². The summed E-state index contributed by atoms with van der Waals surface area (Å²) in [5.74, 6) is 0.261. The molecule has 1 aliphatic rings. The second-order valence-corrected chi connectivity index (χ2v) is 8.10. The molecule has 1 aromatic rings. The number of hydrogen-bond donors (Lipinski definition) is 0. The van der Waals surface area contributed by atoms with E-state index in [0.29, 0.717) is 6.54 Å². The first-order chi connectivity index (χ1) is 8.12. The predicted molar refractivity (Wildman–Crippen MR) is 75.7 cm³/mol. The van der Waals surface area contributed by atoms with Crippen LogP contribution >= 0.6 is 0 Å². The largest absolute Gasteiger partial charge is 0.269 e. The van der Waals surface area contributed by atoms with Gasteiger partial charge in [0, 0.05) is 12.5 Å². The van der Waals surface area contributed by atoms with E-state index in [4.69, 9.17) is 0 Å². The number of benzene rings is 1. The summed E-state index contributed by atoms with van der Waals surface area (Å²) < 4.78 is 25.5. The molecular weight excluding hydrogens is 246 g/mol. The number of nitrogens with zero attached hydrogens (tertiary/aromatic N) is 1. The quantitative estimate of drug-likeness (QED) is 0.784. The maximum Gasteiger partial charge on any atom is 0.232 e. The lowest BCUT2D eigenvalue weighted by molar-refractivity contribution is 0.586. The number of sulfonamides is 1. The maximum absolute atomic E-state index is 11.9. The molecule has 0 saturated carbocycles. The monoisotopic (exact) mass is 267 g/mol. The van der Waals surface area contributed by atoms with Crippen LogP contribution in [-0.2, 0) is 15.4 Å². The van der Waals surface area contributed by atoms with Crippen molar-refractivity contribution in [2.24, 2.45) is 0 Å². The Morgan fingerprint density at radius 1 is 1.28 bits per heavy atom. The molecular formula is C14H21NO2S. The standard InChI is InChI=1S/C14H21NO2S/c1-10-9-15(18(5,16)17)13-11(10)7-6-8-12(13)14(2,3)4/h6-8,10H,9H2,1-5H3. The van der Waals surface area contributed by atoms with Crippen LogP contribution in [0.4, 0.5) is 5.69 Å². The van der Waals surface area contributed by atoms with Crippen molar-refractivity contribution in [1.29, 1.82) is 0 Å². The Kier molecular flexibility index (Phi) is 2.97. The maximum atomic E-state index is 11.9. The Bertz CT molecular complexity index is 570. The third-order valence-electron chi connectivity index (χ3n) is 3.50. The first kappa shape index (κ1) is 13.4. The fourth-order valence-electron chi connectivity index (χ4n) is 2.58. The van der Waals surface area contributed by atoms with Gasteiger partial charge in [-0.1, -0.05) is 45.9 Å². The SMILES string of the molecule is CC1CN(S(C)(=O)=O)c2c1cccc2C(C)(C)C. The van der Waals surface area contributed by atoms with Crippen molar-refractivity contribution >= 4 is 15.7 Å². The Balaban J connectivity index is 2.71. The van der Waals surface area contributed by atoms with Gasteiger partial charge in [0.15, 0.2) is 0 Å². The molecule has 0 spiro atoms. The molecule has 4 heteroatoms. The van der Waals surface area contributed by atoms with Gasteiger partial charge >= 0.3 is 0 Å². The predicted octanol–water partition coefficient (Wildman–Crippen LogP) is 2.87. The van der Waals surface area contributed by atoms with Crippen LogP contribution < -0.4 is 4.31 Å². The smallest absolute Gasteiger partial charge is 0.232 e. The lowest BCUT2D eigenvalue weighted by Gasteiger charge is -2.27. The molecule has 0 aliphatic carbocycles. The van der Waals surface area contributed by atoms with Crippen molar-refractivity contribution in [3.63, 3.8) is 0 Å². The molecule has 18 heavy (non-hydrogen) atoms. The van der Waals surface area contributed by atoms with Gasteiger partial charge in [0.25, 0.3) is 0 Å². The highest BCUT2D eigenvalue weighted by Crippen LogP contribution is 2.43. The molecule has 0 saturated heterocycles. The molecule has 0 amide bonds. The molecule has 1 unspecified atom stereocenters. The van der Waals surface area contributed by atoms with E-state index in [9.17, 15) is 8.42 Å². The molecule has 0 fully saturated rings. The van der Waals surface area contributed by atoms with Crippen molar-refractivity contribution in [2.45, 2.75) is 39.0 Å². The van der Waals surface area contributed by atoms with Crippen molar-refractivity contribution in [1.82, 2.24) is 0 Å². The fraction of sp³-hybridized carbons (Fsp3) is 0.571. The molecule has 1 aliphatic heterocycles. The van der Waals surface area contributed by atoms with Gasteiger partial charge < -0.3 is 0 Å². The third-order valence-corrected chi connectivity index (χ3v) is 4.63. The van der Waals surface area contributed by atoms with Gasteiger partial charge in [0.1, 0.15) is 0 Å². The number of anilines is 1. The first-order valence-electron chi connectivity index (χ1n) is 6.23. The van der Waals surface area contributed by atoms with E-state index < -0.39 is 10.0 Å². The Morgan fingerprint density at radius 3 is 2.39 bits per heavy atom. The second-order valence-electron chi connectivity index (χ2n) is 6.19. The minimum Gasteiger partial charge on any atom is -0.269 e. The molecule has 100 valence electrons. The summed E-state index contributed by atoms with van der Waals surface area (Å²) in [5.41, 5.74) is 3.10. The molecule has 0 radical (unpaired) electrons. The van der Waals surface area contributed by atoms with Gasteiger partial charge in [-0.25, -0.2) is 8.42 Å². The van der Waals surface area contributed by atoms with Crippen molar-refractivity contribution in [3.8, 4) is 0 Å². The van der Waals surface area contributed by atoms with Crippen LogP contribution in [0, 0.1) is 0 Å².